The van der Waals surface area contributed by atoms with E-state index in [4.69, 9.17) is 9.47 Å². The Labute approximate surface area is 114 Å². The Kier molecular flexibility index (Phi) is 5.05. The van der Waals surface area contributed by atoms with Crippen molar-refractivity contribution in [3.05, 3.63) is 23.8 Å². The molecule has 1 unspecified atom stereocenters. The lowest BCUT2D eigenvalue weighted by Gasteiger charge is -2.18. The maximum Gasteiger partial charge on any atom is 0.161 e. The van der Waals surface area contributed by atoms with Crippen LogP contribution in [0, 0.1) is 0 Å². The first kappa shape index (κ1) is 14.2. The summed E-state index contributed by atoms with van der Waals surface area (Å²) in [5.41, 5.74) is 0.838. The average Bonchev–Trinajstić information content (AvgIpc) is 2.92. The van der Waals surface area contributed by atoms with Crippen LogP contribution in [0.2, 0.25) is 0 Å². The normalized spacial score (nSPS) is 17.4. The molecule has 2 N–H and O–H groups in total. The van der Waals surface area contributed by atoms with Crippen LogP contribution in [0.15, 0.2) is 18.2 Å². The van der Waals surface area contributed by atoms with E-state index in [9.17, 15) is 5.11 Å². The quantitative estimate of drug-likeness (QED) is 0.828. The van der Waals surface area contributed by atoms with Gasteiger partial charge in [0.1, 0.15) is 0 Å². The summed E-state index contributed by atoms with van der Waals surface area (Å²) in [7, 11) is 3.45. The fourth-order valence-corrected chi connectivity index (χ4v) is 2.49. The number of hydrogen-bond acceptors (Lipinski definition) is 4. The summed E-state index contributed by atoms with van der Waals surface area (Å²) in [6.07, 6.45) is 4.50. The second-order valence-corrected chi connectivity index (χ2v) is 5.01. The molecule has 1 aliphatic rings. The standard InChI is InChI=1S/C15H23NO3/c1-16-10-13(17)11-7-8-14(15(9-11)18-2)19-12-5-3-4-6-12/h7-9,12-13,16-17H,3-6,10H2,1-2H3. The van der Waals surface area contributed by atoms with Gasteiger partial charge in [-0.2, -0.15) is 0 Å². The van der Waals surface area contributed by atoms with E-state index in [1.54, 1.807) is 7.11 Å². The molecule has 4 nitrogen and oxygen atoms in total. The SMILES string of the molecule is CNCC(O)c1ccc(OC2CCCC2)c(OC)c1. The van der Waals surface area contributed by atoms with Gasteiger partial charge in [-0.3, -0.25) is 0 Å². The van der Waals surface area contributed by atoms with E-state index in [2.05, 4.69) is 5.32 Å². The molecule has 0 bridgehead atoms. The number of methoxy groups -OCH3 is 1. The number of benzene rings is 1. The van der Waals surface area contributed by atoms with E-state index in [1.807, 2.05) is 25.2 Å². The largest absolute Gasteiger partial charge is 0.493 e. The summed E-state index contributed by atoms with van der Waals surface area (Å²) in [6.45, 7) is 0.520. The number of hydrogen-bond donors (Lipinski definition) is 2. The summed E-state index contributed by atoms with van der Waals surface area (Å²) in [4.78, 5) is 0. The molecule has 0 saturated heterocycles. The van der Waals surface area contributed by atoms with Gasteiger partial charge in [0, 0.05) is 6.54 Å². The lowest BCUT2D eigenvalue weighted by atomic mass is 10.1. The smallest absolute Gasteiger partial charge is 0.161 e. The van der Waals surface area contributed by atoms with Crippen molar-refractivity contribution in [3.8, 4) is 11.5 Å². The molecule has 0 heterocycles. The summed E-state index contributed by atoms with van der Waals surface area (Å²) < 4.78 is 11.3. The van der Waals surface area contributed by atoms with Crippen molar-refractivity contribution in [1.82, 2.24) is 5.32 Å². The van der Waals surface area contributed by atoms with Gasteiger partial charge in [0.2, 0.25) is 0 Å². The van der Waals surface area contributed by atoms with Gasteiger partial charge < -0.3 is 19.9 Å². The highest BCUT2D eigenvalue weighted by molar-refractivity contribution is 5.43. The van der Waals surface area contributed by atoms with Crippen LogP contribution in [0.5, 0.6) is 11.5 Å². The predicted molar refractivity (Wildman–Crippen MR) is 74.8 cm³/mol. The maximum atomic E-state index is 9.96. The summed E-state index contributed by atoms with van der Waals surface area (Å²) in [6, 6.07) is 5.65. The zero-order valence-corrected chi connectivity index (χ0v) is 11.7. The number of nitrogens with one attached hydrogen (secondary N) is 1. The van der Waals surface area contributed by atoms with Gasteiger partial charge in [0.15, 0.2) is 11.5 Å². The molecule has 0 aromatic heterocycles. The van der Waals surface area contributed by atoms with Crippen molar-refractivity contribution < 1.29 is 14.6 Å². The minimum Gasteiger partial charge on any atom is -0.493 e. The Balaban J connectivity index is 2.11. The topological polar surface area (TPSA) is 50.7 Å². The Hall–Kier alpha value is -1.26. The van der Waals surface area contributed by atoms with Gasteiger partial charge in [0.05, 0.1) is 19.3 Å². The molecule has 1 atom stereocenters. The third-order valence-electron chi connectivity index (χ3n) is 3.57. The molecule has 106 valence electrons. The molecular weight excluding hydrogens is 242 g/mol. The molecule has 1 aliphatic carbocycles. The van der Waals surface area contributed by atoms with E-state index >= 15 is 0 Å². The van der Waals surface area contributed by atoms with Crippen LogP contribution in [-0.2, 0) is 0 Å². The second-order valence-electron chi connectivity index (χ2n) is 5.01. The third-order valence-corrected chi connectivity index (χ3v) is 3.57. The van der Waals surface area contributed by atoms with Crippen LogP contribution >= 0.6 is 0 Å². The Bertz CT molecular complexity index is 402. The van der Waals surface area contributed by atoms with Gasteiger partial charge in [-0.1, -0.05) is 6.07 Å². The minimum atomic E-state index is -0.528. The number of likely N-dealkylation sites (N-methyl/N-ethyl adjacent to an activating group) is 1. The zero-order chi connectivity index (χ0) is 13.7. The highest BCUT2D eigenvalue weighted by Crippen LogP contribution is 2.33. The van der Waals surface area contributed by atoms with E-state index in [1.165, 1.54) is 12.8 Å². The maximum absolute atomic E-state index is 9.96. The van der Waals surface area contributed by atoms with Crippen molar-refractivity contribution in [2.75, 3.05) is 20.7 Å². The summed E-state index contributed by atoms with van der Waals surface area (Å²) in [5.74, 6) is 1.47. The second kappa shape index (κ2) is 6.78. The van der Waals surface area contributed by atoms with E-state index in [0.717, 1.165) is 24.2 Å². The molecule has 0 amide bonds. The average molecular weight is 265 g/mol. The summed E-state index contributed by atoms with van der Waals surface area (Å²) >= 11 is 0. The van der Waals surface area contributed by atoms with Gasteiger partial charge in [0.25, 0.3) is 0 Å². The van der Waals surface area contributed by atoms with E-state index in [-0.39, 0.29) is 0 Å². The fraction of sp³-hybridized carbons (Fsp3) is 0.600. The molecule has 0 spiro atoms. The number of rotatable bonds is 6. The lowest BCUT2D eigenvalue weighted by Crippen LogP contribution is -2.17. The van der Waals surface area contributed by atoms with Crippen LogP contribution in [0.25, 0.3) is 0 Å². The van der Waals surface area contributed by atoms with Crippen LogP contribution in [0.3, 0.4) is 0 Å². The predicted octanol–water partition coefficient (Wildman–Crippen LogP) is 2.27. The van der Waals surface area contributed by atoms with Crippen LogP contribution < -0.4 is 14.8 Å². The Morgan fingerprint density at radius 3 is 2.68 bits per heavy atom. The van der Waals surface area contributed by atoms with Crippen LogP contribution in [0.4, 0.5) is 0 Å². The van der Waals surface area contributed by atoms with Gasteiger partial charge in [-0.05, 0) is 50.4 Å². The van der Waals surface area contributed by atoms with E-state index in [0.29, 0.717) is 18.4 Å². The first-order valence-corrected chi connectivity index (χ1v) is 6.92. The minimum absolute atomic E-state index is 0.307. The highest BCUT2D eigenvalue weighted by Gasteiger charge is 2.19. The molecule has 1 aromatic rings. The first-order chi connectivity index (χ1) is 9.24. The van der Waals surface area contributed by atoms with Crippen molar-refractivity contribution in [2.45, 2.75) is 37.9 Å². The Morgan fingerprint density at radius 2 is 2.05 bits per heavy atom. The summed E-state index contributed by atoms with van der Waals surface area (Å²) in [5, 5.41) is 12.9. The number of aliphatic hydroxyl groups is 1. The van der Waals surface area contributed by atoms with Crippen LogP contribution in [-0.4, -0.2) is 31.9 Å². The number of aliphatic hydroxyl groups excluding tert-OH is 1. The monoisotopic (exact) mass is 265 g/mol. The van der Waals surface area contributed by atoms with Crippen molar-refractivity contribution in [1.29, 1.82) is 0 Å². The van der Waals surface area contributed by atoms with Gasteiger partial charge in [-0.25, -0.2) is 0 Å². The van der Waals surface area contributed by atoms with Crippen molar-refractivity contribution in [3.63, 3.8) is 0 Å². The van der Waals surface area contributed by atoms with Gasteiger partial charge >= 0.3 is 0 Å². The van der Waals surface area contributed by atoms with Crippen molar-refractivity contribution in [2.24, 2.45) is 0 Å². The van der Waals surface area contributed by atoms with Crippen LogP contribution in [0.1, 0.15) is 37.4 Å². The van der Waals surface area contributed by atoms with Crippen molar-refractivity contribution >= 4 is 0 Å². The molecule has 0 radical (unpaired) electrons. The third kappa shape index (κ3) is 3.61. The van der Waals surface area contributed by atoms with E-state index < -0.39 is 6.10 Å². The molecule has 0 aliphatic heterocycles. The molecular formula is C15H23NO3. The molecule has 2 rings (SSSR count). The zero-order valence-electron chi connectivity index (χ0n) is 11.7. The molecule has 1 aromatic carbocycles. The highest BCUT2D eigenvalue weighted by atomic mass is 16.5. The van der Waals surface area contributed by atoms with Gasteiger partial charge in [-0.15, -0.1) is 0 Å². The Morgan fingerprint density at radius 1 is 1.32 bits per heavy atom. The molecule has 4 heteroatoms. The first-order valence-electron chi connectivity index (χ1n) is 6.92. The molecule has 19 heavy (non-hydrogen) atoms. The fourth-order valence-electron chi connectivity index (χ4n) is 2.49. The number of ether oxygens (including phenoxy) is 2. The molecule has 1 fully saturated rings. The molecule has 1 saturated carbocycles. The lowest BCUT2D eigenvalue weighted by molar-refractivity contribution is 0.176.